The first-order valence-corrected chi connectivity index (χ1v) is 11.4. The van der Waals surface area contributed by atoms with Gasteiger partial charge in [-0.15, -0.1) is 11.6 Å². The third kappa shape index (κ3) is 4.64. The van der Waals surface area contributed by atoms with Crippen LogP contribution in [0.2, 0.25) is 0 Å². The fourth-order valence-electron chi connectivity index (χ4n) is 3.76. The fraction of sp³-hybridized carbons (Fsp3) is 0.167. The van der Waals surface area contributed by atoms with Crippen LogP contribution in [0.5, 0.6) is 0 Å². The number of hydrogen-bond acceptors (Lipinski definition) is 2. The van der Waals surface area contributed by atoms with Crippen LogP contribution < -0.4 is 15.7 Å². The summed E-state index contributed by atoms with van der Waals surface area (Å²) in [6.07, 6.45) is 0.836. The monoisotopic (exact) mass is 414 g/mol. The Morgan fingerprint density at radius 1 is 0.897 bits per heavy atom. The van der Waals surface area contributed by atoms with Crippen LogP contribution in [0.3, 0.4) is 0 Å². The summed E-state index contributed by atoms with van der Waals surface area (Å²) < 4.78 is 0. The van der Waals surface area contributed by atoms with Crippen LogP contribution in [-0.2, 0) is 4.84 Å². The van der Waals surface area contributed by atoms with Gasteiger partial charge < -0.3 is 0 Å². The van der Waals surface area contributed by atoms with Crippen molar-refractivity contribution in [3.63, 3.8) is 0 Å². The van der Waals surface area contributed by atoms with Crippen molar-refractivity contribution >= 4 is 60.3 Å². The predicted octanol–water partition coefficient (Wildman–Crippen LogP) is 5.16. The van der Waals surface area contributed by atoms with Gasteiger partial charge in [-0.3, -0.25) is 4.84 Å². The van der Waals surface area contributed by atoms with Gasteiger partial charge in [-0.2, -0.15) is 0 Å². The van der Waals surface area contributed by atoms with E-state index in [2.05, 4.69) is 90.7 Å². The molecule has 0 amide bonds. The minimum Gasteiger partial charge on any atom is -0.276 e. The number of alkyl halides is 1. The molecular formula is C24H23ClLiNOP. The molecule has 0 N–H and O–H groups in total. The summed E-state index contributed by atoms with van der Waals surface area (Å²) in [6, 6.07) is 30.1. The van der Waals surface area contributed by atoms with Gasteiger partial charge in [0.05, 0.1) is 18.8 Å². The summed E-state index contributed by atoms with van der Waals surface area (Å²) >= 11 is 6.18. The number of hydrogen-bond donors (Lipinski definition) is 0. The topological polar surface area (TPSA) is 12.5 Å². The molecule has 0 saturated carbocycles. The summed E-state index contributed by atoms with van der Waals surface area (Å²) in [5.74, 6) is 3.04. The fourth-order valence-corrected chi connectivity index (χ4v) is 6.13. The van der Waals surface area contributed by atoms with E-state index < -0.39 is 7.92 Å². The zero-order valence-corrected chi connectivity index (χ0v) is 18.5. The Balaban J connectivity index is 0.00000240. The minimum atomic E-state index is -0.635. The number of benzene rings is 3. The number of anilines is 1. The maximum atomic E-state index is 6.18. The summed E-state index contributed by atoms with van der Waals surface area (Å²) in [5.41, 5.74) is 3.65. The molecule has 3 aromatic rings. The number of para-hydroxylation sites is 1. The Hall–Kier alpha value is -1.52. The van der Waals surface area contributed by atoms with Crippen molar-refractivity contribution in [1.29, 1.82) is 0 Å². The second-order valence-electron chi connectivity index (χ2n) is 6.64. The molecule has 2 nitrogen and oxygen atoms in total. The van der Waals surface area contributed by atoms with Crippen molar-refractivity contribution < 1.29 is 4.84 Å². The molecule has 1 radical (unpaired) electrons. The SMILES string of the molecule is CON1c2ccccc2C(=CP(c2ccccc2)c2ccccc2)C1CCCl.[Li]. The average Bonchev–Trinajstić information content (AvgIpc) is 3.06. The summed E-state index contributed by atoms with van der Waals surface area (Å²) in [7, 11) is 1.10. The van der Waals surface area contributed by atoms with Crippen LogP contribution in [-0.4, -0.2) is 37.9 Å². The van der Waals surface area contributed by atoms with Gasteiger partial charge >= 0.3 is 0 Å². The molecular weight excluding hydrogens is 392 g/mol. The Kier molecular flexibility index (Phi) is 8.02. The van der Waals surface area contributed by atoms with Crippen LogP contribution in [0.15, 0.2) is 90.7 Å². The number of halogens is 1. The van der Waals surface area contributed by atoms with E-state index in [-0.39, 0.29) is 24.9 Å². The second kappa shape index (κ2) is 10.5. The normalized spacial score (nSPS) is 16.7. The van der Waals surface area contributed by atoms with E-state index in [0.717, 1.165) is 12.1 Å². The van der Waals surface area contributed by atoms with Gasteiger partial charge in [0.2, 0.25) is 0 Å². The molecule has 0 aromatic heterocycles. The van der Waals surface area contributed by atoms with Crippen molar-refractivity contribution in [1.82, 2.24) is 0 Å². The molecule has 29 heavy (non-hydrogen) atoms. The smallest absolute Gasteiger partial charge is 0.0833 e. The van der Waals surface area contributed by atoms with Gasteiger partial charge in [-0.05, 0) is 42.4 Å². The van der Waals surface area contributed by atoms with Gasteiger partial charge in [-0.1, -0.05) is 78.9 Å². The van der Waals surface area contributed by atoms with Crippen LogP contribution in [0.1, 0.15) is 12.0 Å². The van der Waals surface area contributed by atoms with E-state index in [4.69, 9.17) is 16.4 Å². The Morgan fingerprint density at radius 3 is 2.00 bits per heavy atom. The first kappa shape index (κ1) is 22.2. The molecule has 143 valence electrons. The van der Waals surface area contributed by atoms with E-state index in [1.807, 2.05) is 5.06 Å². The van der Waals surface area contributed by atoms with Crippen LogP contribution >= 0.6 is 19.5 Å². The molecule has 0 aliphatic carbocycles. The van der Waals surface area contributed by atoms with Crippen molar-refractivity contribution in [3.8, 4) is 0 Å². The first-order valence-electron chi connectivity index (χ1n) is 9.43. The van der Waals surface area contributed by atoms with Gasteiger partial charge in [0.15, 0.2) is 0 Å². The summed E-state index contributed by atoms with van der Waals surface area (Å²) in [4.78, 5) is 5.77. The first-order chi connectivity index (χ1) is 13.8. The molecule has 1 aliphatic rings. The summed E-state index contributed by atoms with van der Waals surface area (Å²) in [6.45, 7) is 0. The predicted molar refractivity (Wildman–Crippen MR) is 128 cm³/mol. The van der Waals surface area contributed by atoms with Gasteiger partial charge in [0.25, 0.3) is 0 Å². The zero-order valence-electron chi connectivity index (χ0n) is 16.8. The number of fused-ring (bicyclic) bond motifs is 1. The molecule has 5 heteroatoms. The standard InChI is InChI=1S/C24H23ClNOP.Li/c1-27-26-23-15-9-8-14-21(23)22(24(26)16-17-25)18-28(19-10-4-2-5-11-19)20-12-6-3-7-13-20;/h2-15,18,24H,16-17H2,1H3;. The van der Waals surface area contributed by atoms with Crippen molar-refractivity contribution in [2.75, 3.05) is 18.1 Å². The third-order valence-electron chi connectivity index (χ3n) is 5.01. The van der Waals surface area contributed by atoms with Gasteiger partial charge in [-0.25, -0.2) is 5.06 Å². The second-order valence-corrected chi connectivity index (χ2v) is 9.05. The minimum absolute atomic E-state index is 0. The molecule has 3 aromatic carbocycles. The van der Waals surface area contributed by atoms with E-state index in [1.54, 1.807) is 7.11 Å². The van der Waals surface area contributed by atoms with Crippen LogP contribution in [0.25, 0.3) is 5.57 Å². The Bertz CT molecular complexity index is 912. The molecule has 4 rings (SSSR count). The van der Waals surface area contributed by atoms with Crippen molar-refractivity contribution in [3.05, 3.63) is 96.3 Å². The molecule has 0 bridgehead atoms. The molecule has 0 spiro atoms. The van der Waals surface area contributed by atoms with E-state index in [9.17, 15) is 0 Å². The number of rotatable bonds is 6. The van der Waals surface area contributed by atoms with Crippen LogP contribution in [0, 0.1) is 0 Å². The van der Waals surface area contributed by atoms with Gasteiger partial charge in [0, 0.05) is 30.3 Å². The molecule has 1 heterocycles. The molecule has 1 atom stereocenters. The molecule has 0 fully saturated rings. The largest absolute Gasteiger partial charge is 0.276 e. The molecule has 1 unspecified atom stereocenters. The third-order valence-corrected chi connectivity index (χ3v) is 7.47. The molecule has 1 aliphatic heterocycles. The van der Waals surface area contributed by atoms with Gasteiger partial charge in [0.1, 0.15) is 0 Å². The number of nitrogens with zero attached hydrogens (tertiary/aromatic N) is 1. The van der Waals surface area contributed by atoms with Crippen molar-refractivity contribution in [2.45, 2.75) is 12.5 Å². The average molecular weight is 415 g/mol. The Morgan fingerprint density at radius 2 is 1.45 bits per heavy atom. The Labute approximate surface area is 191 Å². The molecule has 0 saturated heterocycles. The summed E-state index contributed by atoms with van der Waals surface area (Å²) in [5, 5.41) is 4.69. The van der Waals surface area contributed by atoms with E-state index >= 15 is 0 Å². The quantitative estimate of drug-likeness (QED) is 0.314. The van der Waals surface area contributed by atoms with Crippen LogP contribution in [0.4, 0.5) is 5.69 Å². The van der Waals surface area contributed by atoms with E-state index in [0.29, 0.717) is 5.88 Å². The maximum absolute atomic E-state index is 6.18. The number of hydroxylamine groups is 1. The zero-order chi connectivity index (χ0) is 19.3. The van der Waals surface area contributed by atoms with E-state index in [1.165, 1.54) is 21.7 Å². The van der Waals surface area contributed by atoms with Crippen molar-refractivity contribution in [2.24, 2.45) is 0 Å². The maximum Gasteiger partial charge on any atom is 0.0833 e.